The van der Waals surface area contributed by atoms with Crippen LogP contribution in [0.25, 0.3) is 0 Å². The Balaban J connectivity index is 1.68. The molecule has 0 bridgehead atoms. The number of nitrogens with zero attached hydrogens (tertiary/aromatic N) is 2. The van der Waals surface area contributed by atoms with Crippen LogP contribution in [-0.4, -0.2) is 21.5 Å². The third-order valence-corrected chi connectivity index (χ3v) is 4.59. The Morgan fingerprint density at radius 3 is 2.62 bits per heavy atom. The molecular weight excluding hydrogens is 469 g/mol. The van der Waals surface area contributed by atoms with Crippen molar-refractivity contribution < 1.29 is 17.9 Å². The minimum absolute atomic E-state index is 0.00921. The third kappa shape index (κ3) is 5.94. The van der Waals surface area contributed by atoms with E-state index in [9.17, 15) is 13.2 Å². The molecule has 3 aromatic rings. The zero-order valence-electron chi connectivity index (χ0n) is 15.1. The van der Waals surface area contributed by atoms with Crippen molar-refractivity contribution in [3.8, 4) is 5.75 Å². The van der Waals surface area contributed by atoms with Gasteiger partial charge in [0.25, 0.3) is 0 Å². The second-order valence-electron chi connectivity index (χ2n) is 6.11. The number of nitrogens with one attached hydrogen (secondary N) is 2. The Kier molecular flexibility index (Phi) is 6.75. The first-order chi connectivity index (χ1) is 13.8. The lowest BCUT2D eigenvalue weighted by Gasteiger charge is -2.14. The summed E-state index contributed by atoms with van der Waals surface area (Å²) in [5.74, 6) is 0.124. The maximum absolute atomic E-state index is 13.0. The maximum atomic E-state index is 13.0. The van der Waals surface area contributed by atoms with Gasteiger partial charge in [-0.25, -0.2) is 4.39 Å². The van der Waals surface area contributed by atoms with Gasteiger partial charge < -0.3 is 15.4 Å². The highest BCUT2D eigenvalue weighted by molar-refractivity contribution is 9.10. The fraction of sp³-hybridized carbons (Fsp3) is 0.158. The summed E-state index contributed by atoms with van der Waals surface area (Å²) in [5, 5.41) is 10.3. The van der Waals surface area contributed by atoms with Gasteiger partial charge in [0.1, 0.15) is 11.6 Å². The molecule has 2 aromatic carbocycles. The Morgan fingerprint density at radius 1 is 1.21 bits per heavy atom. The van der Waals surface area contributed by atoms with Gasteiger partial charge in [-0.2, -0.15) is 13.9 Å². The summed E-state index contributed by atoms with van der Waals surface area (Å²) >= 11 is 8.66. The molecule has 0 spiro atoms. The van der Waals surface area contributed by atoms with Crippen molar-refractivity contribution in [2.45, 2.75) is 20.1 Å². The van der Waals surface area contributed by atoms with Crippen LogP contribution in [0.1, 0.15) is 11.1 Å². The maximum Gasteiger partial charge on any atom is 0.387 e. The topological polar surface area (TPSA) is 51.1 Å². The summed E-state index contributed by atoms with van der Waals surface area (Å²) in [7, 11) is 0. The molecule has 0 atom stereocenters. The molecule has 0 saturated carbocycles. The van der Waals surface area contributed by atoms with E-state index in [1.807, 2.05) is 0 Å². The summed E-state index contributed by atoms with van der Waals surface area (Å²) in [5.41, 5.74) is 1.95. The van der Waals surface area contributed by atoms with Gasteiger partial charge in [0.2, 0.25) is 0 Å². The smallest absolute Gasteiger partial charge is 0.387 e. The summed E-state index contributed by atoms with van der Waals surface area (Å²) < 4.78 is 45.1. The number of hydrogen-bond acceptors (Lipinski definition) is 3. The molecule has 0 fully saturated rings. The predicted molar refractivity (Wildman–Crippen MR) is 113 cm³/mol. The largest absolute Gasteiger partial charge is 0.433 e. The minimum atomic E-state index is -2.95. The molecule has 0 amide bonds. The Bertz CT molecular complexity index is 1010. The summed E-state index contributed by atoms with van der Waals surface area (Å²) in [6.07, 6.45) is 1.74. The van der Waals surface area contributed by atoms with Gasteiger partial charge in [0.15, 0.2) is 10.9 Å². The van der Waals surface area contributed by atoms with Gasteiger partial charge in [-0.3, -0.25) is 4.68 Å². The van der Waals surface area contributed by atoms with E-state index in [1.54, 1.807) is 42.1 Å². The van der Waals surface area contributed by atoms with Crippen LogP contribution in [0.5, 0.6) is 5.75 Å². The number of aromatic nitrogens is 2. The zero-order chi connectivity index (χ0) is 21.0. The Labute approximate surface area is 179 Å². The lowest BCUT2D eigenvalue weighted by Crippen LogP contribution is -2.20. The first-order valence-electron chi connectivity index (χ1n) is 8.41. The van der Waals surface area contributed by atoms with E-state index >= 15 is 0 Å². The van der Waals surface area contributed by atoms with Gasteiger partial charge in [-0.1, -0.05) is 18.2 Å². The van der Waals surface area contributed by atoms with Gasteiger partial charge in [0, 0.05) is 6.20 Å². The van der Waals surface area contributed by atoms with Crippen LogP contribution in [0.4, 0.5) is 24.7 Å². The molecule has 0 aliphatic rings. The molecule has 0 aliphatic carbocycles. The molecule has 0 saturated heterocycles. The van der Waals surface area contributed by atoms with Crippen molar-refractivity contribution in [2.24, 2.45) is 0 Å². The predicted octanol–water partition coefficient (Wildman–Crippen LogP) is 5.55. The summed E-state index contributed by atoms with van der Waals surface area (Å²) in [4.78, 5) is 0. The Morgan fingerprint density at radius 2 is 1.93 bits per heavy atom. The molecule has 29 heavy (non-hydrogen) atoms. The molecule has 5 nitrogen and oxygen atoms in total. The number of alkyl halides is 2. The number of benzene rings is 2. The van der Waals surface area contributed by atoms with Crippen LogP contribution in [0.2, 0.25) is 0 Å². The molecular formula is C19H16BrF3N4OS. The minimum Gasteiger partial charge on any atom is -0.433 e. The van der Waals surface area contributed by atoms with Crippen LogP contribution in [0.15, 0.2) is 53.1 Å². The van der Waals surface area contributed by atoms with Gasteiger partial charge in [-0.15, -0.1) is 0 Å². The van der Waals surface area contributed by atoms with Gasteiger partial charge >= 0.3 is 6.61 Å². The Hall–Kier alpha value is -2.59. The average Bonchev–Trinajstić information content (AvgIpc) is 2.98. The normalized spacial score (nSPS) is 10.8. The van der Waals surface area contributed by atoms with E-state index in [0.29, 0.717) is 22.5 Å². The van der Waals surface area contributed by atoms with Crippen molar-refractivity contribution in [3.63, 3.8) is 0 Å². The molecule has 2 N–H and O–H groups in total. The van der Waals surface area contributed by atoms with Crippen LogP contribution in [-0.2, 0) is 6.54 Å². The zero-order valence-corrected chi connectivity index (χ0v) is 17.5. The molecule has 1 aromatic heterocycles. The molecule has 3 rings (SSSR count). The van der Waals surface area contributed by atoms with E-state index < -0.39 is 6.61 Å². The standard InChI is InChI=1S/C19H16BrF3N4OS/c1-11-2-7-15(16(8-11)28-18(22)23)24-19(29)25-17-14(20)10-27(26-17)9-12-3-5-13(21)6-4-12/h2-8,10,18H,9H2,1H3,(H2,24,25,26,29). The number of thiocarbonyl (C=S) groups is 1. The number of ether oxygens (including phenoxy) is 1. The fourth-order valence-corrected chi connectivity index (χ4v) is 3.15. The van der Waals surface area contributed by atoms with Crippen molar-refractivity contribution in [1.82, 2.24) is 9.78 Å². The van der Waals surface area contributed by atoms with Crippen LogP contribution >= 0.6 is 28.1 Å². The number of hydrogen-bond donors (Lipinski definition) is 2. The second-order valence-corrected chi connectivity index (χ2v) is 7.37. The lowest BCUT2D eigenvalue weighted by atomic mass is 10.2. The van der Waals surface area contributed by atoms with E-state index in [0.717, 1.165) is 11.1 Å². The van der Waals surface area contributed by atoms with Gasteiger partial charge in [0.05, 0.1) is 16.7 Å². The van der Waals surface area contributed by atoms with E-state index in [1.165, 1.54) is 18.2 Å². The van der Waals surface area contributed by atoms with Crippen molar-refractivity contribution in [3.05, 3.63) is 70.1 Å². The highest BCUT2D eigenvalue weighted by Crippen LogP contribution is 2.28. The molecule has 0 radical (unpaired) electrons. The average molecular weight is 485 g/mol. The molecule has 10 heteroatoms. The summed E-state index contributed by atoms with van der Waals surface area (Å²) in [6.45, 7) is -0.746. The highest BCUT2D eigenvalue weighted by atomic mass is 79.9. The van der Waals surface area contributed by atoms with Crippen molar-refractivity contribution in [1.29, 1.82) is 0 Å². The highest BCUT2D eigenvalue weighted by Gasteiger charge is 2.13. The van der Waals surface area contributed by atoms with E-state index in [-0.39, 0.29) is 16.7 Å². The first kappa shape index (κ1) is 21.1. The number of rotatable bonds is 6. The number of halogens is 4. The van der Waals surface area contributed by atoms with Crippen molar-refractivity contribution >= 4 is 44.8 Å². The van der Waals surface area contributed by atoms with Crippen LogP contribution < -0.4 is 15.4 Å². The van der Waals surface area contributed by atoms with Crippen LogP contribution in [0, 0.1) is 12.7 Å². The molecule has 1 heterocycles. The first-order valence-corrected chi connectivity index (χ1v) is 9.61. The van der Waals surface area contributed by atoms with E-state index in [2.05, 4.69) is 36.4 Å². The lowest BCUT2D eigenvalue weighted by molar-refractivity contribution is -0.0493. The molecule has 0 unspecified atom stereocenters. The van der Waals surface area contributed by atoms with E-state index in [4.69, 9.17) is 12.2 Å². The SMILES string of the molecule is Cc1ccc(NC(=S)Nc2nn(Cc3ccc(F)cc3)cc2Br)c(OC(F)F)c1. The molecule has 152 valence electrons. The third-order valence-electron chi connectivity index (χ3n) is 3.81. The quantitative estimate of drug-likeness (QED) is 0.449. The van der Waals surface area contributed by atoms with Crippen molar-refractivity contribution in [2.75, 3.05) is 10.6 Å². The second kappa shape index (κ2) is 9.27. The fourth-order valence-electron chi connectivity index (χ4n) is 2.53. The monoisotopic (exact) mass is 484 g/mol. The number of aryl methyl sites for hydroxylation is 1. The van der Waals surface area contributed by atoms with Gasteiger partial charge in [-0.05, 0) is 70.5 Å². The number of anilines is 2. The summed E-state index contributed by atoms with van der Waals surface area (Å²) in [6, 6.07) is 10.9. The molecule has 0 aliphatic heterocycles. The van der Waals surface area contributed by atoms with Crippen LogP contribution in [0.3, 0.4) is 0 Å².